The largest absolute Gasteiger partial charge is 0.411 e. The van der Waals surface area contributed by atoms with Gasteiger partial charge in [-0.1, -0.05) is 32.9 Å². The van der Waals surface area contributed by atoms with Gasteiger partial charge in [-0.05, 0) is 11.8 Å². The second-order valence-corrected chi connectivity index (χ2v) is 4.23. The van der Waals surface area contributed by atoms with Crippen molar-refractivity contribution in [2.75, 3.05) is 0 Å². The van der Waals surface area contributed by atoms with E-state index in [-0.39, 0.29) is 5.41 Å². The molecule has 0 atom stereocenters. The molecule has 58 valence electrons. The molecule has 0 radical (unpaired) electrons. The Labute approximate surface area is 61.9 Å². The predicted molar refractivity (Wildman–Crippen MR) is 41.4 cm³/mol. The summed E-state index contributed by atoms with van der Waals surface area (Å²) >= 11 is 0. The predicted octanol–water partition coefficient (Wildman–Crippen LogP) is 2.27. The Bertz CT molecular complexity index is 180. The highest BCUT2D eigenvalue weighted by Gasteiger charge is 2.51. The molecule has 0 aromatic heterocycles. The fraction of sp³-hybridized carbons (Fsp3) is 0.875. The Hall–Kier alpha value is -0.530. The molecule has 0 heterocycles. The van der Waals surface area contributed by atoms with E-state index in [1.54, 1.807) is 0 Å². The SMILES string of the molecule is CC1(C)CC(=NO)C1(C)C. The van der Waals surface area contributed by atoms with Gasteiger partial charge in [0.15, 0.2) is 0 Å². The zero-order valence-electron chi connectivity index (χ0n) is 7.10. The quantitative estimate of drug-likeness (QED) is 0.407. The van der Waals surface area contributed by atoms with Crippen LogP contribution >= 0.6 is 0 Å². The van der Waals surface area contributed by atoms with Crippen molar-refractivity contribution in [1.82, 2.24) is 0 Å². The van der Waals surface area contributed by atoms with Crippen LogP contribution in [0, 0.1) is 10.8 Å². The van der Waals surface area contributed by atoms with Gasteiger partial charge >= 0.3 is 0 Å². The van der Waals surface area contributed by atoms with Gasteiger partial charge in [-0.3, -0.25) is 0 Å². The zero-order valence-corrected chi connectivity index (χ0v) is 7.10. The van der Waals surface area contributed by atoms with Gasteiger partial charge in [0.25, 0.3) is 0 Å². The first-order chi connectivity index (χ1) is 4.42. The highest BCUT2D eigenvalue weighted by molar-refractivity contribution is 5.96. The minimum absolute atomic E-state index is 0.0851. The molecule has 2 heteroatoms. The second kappa shape index (κ2) is 1.74. The first-order valence-electron chi connectivity index (χ1n) is 3.63. The number of hydrogen-bond donors (Lipinski definition) is 1. The van der Waals surface area contributed by atoms with Gasteiger partial charge in [0.05, 0.1) is 5.71 Å². The van der Waals surface area contributed by atoms with E-state index in [0.29, 0.717) is 5.41 Å². The summed E-state index contributed by atoms with van der Waals surface area (Å²) in [7, 11) is 0. The molecule has 1 N–H and O–H groups in total. The third-order valence-corrected chi connectivity index (χ3v) is 3.14. The monoisotopic (exact) mass is 141 g/mol. The molecule has 1 rings (SSSR count). The first-order valence-corrected chi connectivity index (χ1v) is 3.63. The summed E-state index contributed by atoms with van der Waals surface area (Å²) < 4.78 is 0. The van der Waals surface area contributed by atoms with Gasteiger partial charge in [0.1, 0.15) is 0 Å². The van der Waals surface area contributed by atoms with E-state index >= 15 is 0 Å². The molecule has 2 nitrogen and oxygen atoms in total. The molecule has 10 heavy (non-hydrogen) atoms. The van der Waals surface area contributed by atoms with Crippen LogP contribution in [-0.4, -0.2) is 10.9 Å². The number of hydrogen-bond acceptors (Lipinski definition) is 2. The molecule has 0 saturated heterocycles. The summed E-state index contributed by atoms with van der Waals surface area (Å²) in [6, 6.07) is 0. The van der Waals surface area contributed by atoms with E-state index in [9.17, 15) is 0 Å². The van der Waals surface area contributed by atoms with Crippen LogP contribution in [0.3, 0.4) is 0 Å². The van der Waals surface area contributed by atoms with Gasteiger partial charge in [-0.15, -0.1) is 0 Å². The summed E-state index contributed by atoms with van der Waals surface area (Å²) in [6.45, 7) is 8.63. The molecule has 0 aliphatic heterocycles. The average Bonchev–Trinajstić information content (AvgIpc) is 1.83. The van der Waals surface area contributed by atoms with Crippen LogP contribution in [0.5, 0.6) is 0 Å². The lowest BCUT2D eigenvalue weighted by atomic mass is 9.52. The van der Waals surface area contributed by atoms with Crippen LogP contribution in [0.25, 0.3) is 0 Å². The Morgan fingerprint density at radius 1 is 1.30 bits per heavy atom. The Kier molecular flexibility index (Phi) is 1.32. The van der Waals surface area contributed by atoms with Gasteiger partial charge in [-0.2, -0.15) is 0 Å². The molecular weight excluding hydrogens is 126 g/mol. The molecule has 0 spiro atoms. The van der Waals surface area contributed by atoms with E-state index in [1.807, 2.05) is 0 Å². The summed E-state index contributed by atoms with van der Waals surface area (Å²) in [6.07, 6.45) is 0.927. The van der Waals surface area contributed by atoms with Crippen molar-refractivity contribution < 1.29 is 5.21 Å². The van der Waals surface area contributed by atoms with Gasteiger partial charge in [0.2, 0.25) is 0 Å². The molecule has 0 amide bonds. The van der Waals surface area contributed by atoms with Crippen LogP contribution in [-0.2, 0) is 0 Å². The van der Waals surface area contributed by atoms with Crippen molar-refractivity contribution in [3.05, 3.63) is 0 Å². The van der Waals surface area contributed by atoms with Gasteiger partial charge in [-0.25, -0.2) is 0 Å². The summed E-state index contributed by atoms with van der Waals surface area (Å²) in [5.74, 6) is 0. The molecule has 0 aromatic carbocycles. The minimum Gasteiger partial charge on any atom is -0.411 e. The van der Waals surface area contributed by atoms with Crippen LogP contribution in [0.15, 0.2) is 5.16 Å². The average molecular weight is 141 g/mol. The van der Waals surface area contributed by atoms with E-state index in [2.05, 4.69) is 32.9 Å². The van der Waals surface area contributed by atoms with E-state index in [4.69, 9.17) is 5.21 Å². The van der Waals surface area contributed by atoms with Crippen molar-refractivity contribution in [3.8, 4) is 0 Å². The molecule has 1 saturated carbocycles. The van der Waals surface area contributed by atoms with Gasteiger partial charge in [0, 0.05) is 5.41 Å². The molecule has 1 aliphatic rings. The van der Waals surface area contributed by atoms with E-state index < -0.39 is 0 Å². The third-order valence-electron chi connectivity index (χ3n) is 3.14. The third kappa shape index (κ3) is 0.678. The fourth-order valence-electron chi connectivity index (χ4n) is 1.30. The standard InChI is InChI=1S/C8H15NO/c1-7(2)5-6(9-10)8(7,3)4/h10H,5H2,1-4H3. The highest BCUT2D eigenvalue weighted by Crippen LogP contribution is 2.53. The van der Waals surface area contributed by atoms with Crippen molar-refractivity contribution in [1.29, 1.82) is 0 Å². The maximum Gasteiger partial charge on any atom is 0.0637 e. The van der Waals surface area contributed by atoms with Crippen molar-refractivity contribution in [3.63, 3.8) is 0 Å². The highest BCUT2D eigenvalue weighted by atomic mass is 16.4. The van der Waals surface area contributed by atoms with Gasteiger partial charge < -0.3 is 5.21 Å². The summed E-state index contributed by atoms with van der Waals surface area (Å²) in [5.41, 5.74) is 1.31. The summed E-state index contributed by atoms with van der Waals surface area (Å²) in [5, 5.41) is 11.8. The maximum absolute atomic E-state index is 8.54. The van der Waals surface area contributed by atoms with E-state index in [1.165, 1.54) is 0 Å². The van der Waals surface area contributed by atoms with Crippen LogP contribution in [0.1, 0.15) is 34.1 Å². The Morgan fingerprint density at radius 2 is 1.80 bits per heavy atom. The zero-order chi connectivity index (χ0) is 7.99. The van der Waals surface area contributed by atoms with Crippen molar-refractivity contribution in [2.45, 2.75) is 34.1 Å². The molecule has 1 fully saturated rings. The maximum atomic E-state index is 8.54. The first kappa shape index (κ1) is 7.58. The number of oxime groups is 1. The Balaban J connectivity index is 2.85. The molecule has 0 aromatic rings. The number of rotatable bonds is 0. The number of nitrogens with zero attached hydrogens (tertiary/aromatic N) is 1. The smallest absolute Gasteiger partial charge is 0.0637 e. The van der Waals surface area contributed by atoms with Crippen molar-refractivity contribution in [2.24, 2.45) is 16.0 Å². The normalized spacial score (nSPS) is 31.8. The summed E-state index contributed by atoms with van der Waals surface area (Å²) in [4.78, 5) is 0. The molecular formula is C8H15NO. The van der Waals surface area contributed by atoms with Crippen LogP contribution < -0.4 is 0 Å². The topological polar surface area (TPSA) is 32.6 Å². The molecule has 0 bridgehead atoms. The van der Waals surface area contributed by atoms with E-state index in [0.717, 1.165) is 12.1 Å². The Morgan fingerprint density at radius 3 is 1.90 bits per heavy atom. The lowest BCUT2D eigenvalue weighted by Crippen LogP contribution is -2.52. The minimum atomic E-state index is 0.0851. The second-order valence-electron chi connectivity index (χ2n) is 4.23. The van der Waals surface area contributed by atoms with Crippen molar-refractivity contribution >= 4 is 5.71 Å². The molecule has 0 unspecified atom stereocenters. The van der Waals surface area contributed by atoms with Crippen LogP contribution in [0.4, 0.5) is 0 Å². The fourth-order valence-corrected chi connectivity index (χ4v) is 1.30. The lowest BCUT2D eigenvalue weighted by Gasteiger charge is -2.52. The van der Waals surface area contributed by atoms with Crippen LogP contribution in [0.2, 0.25) is 0 Å². The molecule has 1 aliphatic carbocycles. The lowest BCUT2D eigenvalue weighted by molar-refractivity contribution is 0.122.